The molecule has 0 saturated heterocycles. The molecule has 0 fully saturated rings. The van der Waals surface area contributed by atoms with E-state index in [1.165, 1.54) is 44.9 Å². The Bertz CT molecular complexity index is 92.2. The molecule has 0 bridgehead atoms. The van der Waals surface area contributed by atoms with Gasteiger partial charge in [-0.1, -0.05) is 52.0 Å². The minimum Gasteiger partial charge on any atom is -0.0811 e. The van der Waals surface area contributed by atoms with Gasteiger partial charge in [0.05, 0.1) is 0 Å². The van der Waals surface area contributed by atoms with E-state index < -0.39 is 0 Å². The monoisotopic (exact) mass is 167 g/mol. The van der Waals surface area contributed by atoms with Gasteiger partial charge in [0.15, 0.2) is 0 Å². The van der Waals surface area contributed by atoms with E-state index in [1.54, 1.807) is 0 Å². The van der Waals surface area contributed by atoms with E-state index in [0.717, 1.165) is 6.42 Å². The van der Waals surface area contributed by atoms with Gasteiger partial charge in [0, 0.05) is 0 Å². The average Bonchev–Trinajstić information content (AvgIpc) is 2.10. The summed E-state index contributed by atoms with van der Waals surface area (Å²) in [5, 5.41) is 0. The van der Waals surface area contributed by atoms with Crippen molar-refractivity contribution < 1.29 is 0 Å². The Labute approximate surface area is 78.1 Å². The third kappa shape index (κ3) is 9.74. The zero-order valence-corrected chi connectivity index (χ0v) is 8.73. The van der Waals surface area contributed by atoms with Gasteiger partial charge >= 0.3 is 0 Å². The minimum atomic E-state index is 1.13. The molecule has 0 amide bonds. The van der Waals surface area contributed by atoms with Crippen LogP contribution in [0.1, 0.15) is 65.2 Å². The van der Waals surface area contributed by atoms with Crippen LogP contribution in [0, 0.1) is 6.08 Å². The lowest BCUT2D eigenvalue weighted by atomic mass is 10.1. The van der Waals surface area contributed by atoms with Crippen LogP contribution in [0.25, 0.3) is 0 Å². The lowest BCUT2D eigenvalue weighted by Crippen LogP contribution is -1.76. The fourth-order valence-corrected chi connectivity index (χ4v) is 1.20. The summed E-state index contributed by atoms with van der Waals surface area (Å²) in [5.41, 5.74) is 0. The number of unbranched alkanes of at least 4 members (excludes halogenated alkanes) is 6. The third-order valence-corrected chi connectivity index (χ3v) is 1.99. The van der Waals surface area contributed by atoms with Crippen molar-refractivity contribution in [3.05, 3.63) is 12.2 Å². The minimum absolute atomic E-state index is 1.13. The molecular weight excluding hydrogens is 144 g/mol. The zero-order valence-electron chi connectivity index (χ0n) is 8.73. The third-order valence-electron chi connectivity index (χ3n) is 1.99. The average molecular weight is 167 g/mol. The SMILES string of the molecule is CCC/[C]=C\CCCCCCC. The Balaban J connectivity index is 2.90. The predicted octanol–water partition coefficient (Wildman–Crippen LogP) is 4.51. The zero-order chi connectivity index (χ0) is 9.07. The molecule has 0 heterocycles. The Kier molecular flexibility index (Phi) is 10.5. The molecule has 0 aliphatic carbocycles. The lowest BCUT2D eigenvalue weighted by molar-refractivity contribution is 0.636. The van der Waals surface area contributed by atoms with Crippen LogP contribution in [0.3, 0.4) is 0 Å². The van der Waals surface area contributed by atoms with E-state index in [4.69, 9.17) is 0 Å². The molecule has 0 saturated carbocycles. The van der Waals surface area contributed by atoms with Gasteiger partial charge in [0.25, 0.3) is 0 Å². The topological polar surface area (TPSA) is 0 Å². The van der Waals surface area contributed by atoms with E-state index in [9.17, 15) is 0 Å². The van der Waals surface area contributed by atoms with Gasteiger partial charge in [-0.2, -0.15) is 0 Å². The molecule has 0 aromatic carbocycles. The van der Waals surface area contributed by atoms with Crippen LogP contribution in [0.2, 0.25) is 0 Å². The van der Waals surface area contributed by atoms with Crippen LogP contribution in [-0.2, 0) is 0 Å². The van der Waals surface area contributed by atoms with E-state index in [2.05, 4.69) is 26.0 Å². The summed E-state index contributed by atoms with van der Waals surface area (Å²) in [5.74, 6) is 0. The fourth-order valence-electron chi connectivity index (χ4n) is 1.20. The van der Waals surface area contributed by atoms with Crippen molar-refractivity contribution in [2.24, 2.45) is 0 Å². The maximum Gasteiger partial charge on any atom is -0.0282 e. The smallest absolute Gasteiger partial charge is 0.0282 e. The normalized spacial score (nSPS) is 11.2. The summed E-state index contributed by atoms with van der Waals surface area (Å²) in [6.07, 6.45) is 16.0. The summed E-state index contributed by atoms with van der Waals surface area (Å²) < 4.78 is 0. The second kappa shape index (κ2) is 10.7. The van der Waals surface area contributed by atoms with Crippen LogP contribution < -0.4 is 0 Å². The maximum atomic E-state index is 3.30. The Morgan fingerprint density at radius 2 is 1.67 bits per heavy atom. The van der Waals surface area contributed by atoms with Crippen molar-refractivity contribution in [1.29, 1.82) is 0 Å². The number of rotatable bonds is 8. The molecule has 0 aromatic heterocycles. The van der Waals surface area contributed by atoms with Gasteiger partial charge in [-0.3, -0.25) is 0 Å². The van der Waals surface area contributed by atoms with Crippen LogP contribution in [-0.4, -0.2) is 0 Å². The molecule has 0 atom stereocenters. The van der Waals surface area contributed by atoms with Crippen LogP contribution >= 0.6 is 0 Å². The van der Waals surface area contributed by atoms with Crippen molar-refractivity contribution in [1.82, 2.24) is 0 Å². The standard InChI is InChI=1S/C12H23/c1-3-5-7-9-11-12-10-8-6-4-2/h10H,3-7,9,11-12H2,1-2H3. The van der Waals surface area contributed by atoms with Crippen molar-refractivity contribution in [3.8, 4) is 0 Å². The van der Waals surface area contributed by atoms with Crippen molar-refractivity contribution >= 4 is 0 Å². The highest BCUT2D eigenvalue weighted by atomic mass is 13.9. The van der Waals surface area contributed by atoms with Crippen molar-refractivity contribution in [3.63, 3.8) is 0 Å². The van der Waals surface area contributed by atoms with Crippen LogP contribution in [0.5, 0.6) is 0 Å². The van der Waals surface area contributed by atoms with Gasteiger partial charge < -0.3 is 0 Å². The van der Waals surface area contributed by atoms with Gasteiger partial charge in [0.2, 0.25) is 0 Å². The second-order valence-corrected chi connectivity index (χ2v) is 3.36. The fraction of sp³-hybridized carbons (Fsp3) is 0.833. The van der Waals surface area contributed by atoms with Gasteiger partial charge in [-0.15, -0.1) is 0 Å². The largest absolute Gasteiger partial charge is 0.0811 e. The summed E-state index contributed by atoms with van der Waals surface area (Å²) in [6.45, 7) is 4.46. The molecule has 0 spiro atoms. The first-order valence-corrected chi connectivity index (χ1v) is 5.46. The molecule has 12 heavy (non-hydrogen) atoms. The molecule has 0 rings (SSSR count). The van der Waals surface area contributed by atoms with E-state index in [1.807, 2.05) is 0 Å². The molecule has 0 unspecified atom stereocenters. The molecule has 0 aliphatic heterocycles. The molecule has 0 nitrogen and oxygen atoms in total. The molecule has 0 N–H and O–H groups in total. The van der Waals surface area contributed by atoms with Crippen molar-refractivity contribution in [2.75, 3.05) is 0 Å². The highest BCUT2D eigenvalue weighted by Gasteiger charge is 1.85. The van der Waals surface area contributed by atoms with E-state index >= 15 is 0 Å². The Morgan fingerprint density at radius 1 is 0.917 bits per heavy atom. The summed E-state index contributed by atoms with van der Waals surface area (Å²) in [7, 11) is 0. The van der Waals surface area contributed by atoms with E-state index in [0.29, 0.717) is 0 Å². The Morgan fingerprint density at radius 3 is 2.33 bits per heavy atom. The lowest BCUT2D eigenvalue weighted by Gasteiger charge is -1.95. The first-order chi connectivity index (χ1) is 5.91. The van der Waals surface area contributed by atoms with Gasteiger partial charge in [-0.25, -0.2) is 0 Å². The van der Waals surface area contributed by atoms with Crippen LogP contribution in [0.15, 0.2) is 6.08 Å². The quantitative estimate of drug-likeness (QED) is 0.467. The first kappa shape index (κ1) is 11.7. The first-order valence-electron chi connectivity index (χ1n) is 5.46. The number of hydrogen-bond acceptors (Lipinski definition) is 0. The number of hydrogen-bond donors (Lipinski definition) is 0. The van der Waals surface area contributed by atoms with Gasteiger partial charge in [0.1, 0.15) is 0 Å². The molecular formula is C12H23. The Hall–Kier alpha value is -0.260. The molecule has 0 aliphatic rings. The predicted molar refractivity (Wildman–Crippen MR) is 56.1 cm³/mol. The van der Waals surface area contributed by atoms with Gasteiger partial charge in [-0.05, 0) is 25.3 Å². The summed E-state index contributed by atoms with van der Waals surface area (Å²) in [4.78, 5) is 0. The highest BCUT2D eigenvalue weighted by molar-refractivity contribution is 4.72. The summed E-state index contributed by atoms with van der Waals surface area (Å²) >= 11 is 0. The molecule has 0 aromatic rings. The van der Waals surface area contributed by atoms with E-state index in [-0.39, 0.29) is 0 Å². The molecule has 0 heteroatoms. The second-order valence-electron chi connectivity index (χ2n) is 3.36. The molecule has 1 radical (unpaired) electrons. The maximum absolute atomic E-state index is 3.30. The van der Waals surface area contributed by atoms with Crippen molar-refractivity contribution in [2.45, 2.75) is 65.2 Å². The number of allylic oxidation sites excluding steroid dienone is 2. The summed E-state index contributed by atoms with van der Waals surface area (Å²) in [6, 6.07) is 0. The highest BCUT2D eigenvalue weighted by Crippen LogP contribution is 2.05. The molecule has 71 valence electrons. The van der Waals surface area contributed by atoms with Crippen LogP contribution in [0.4, 0.5) is 0 Å².